The number of nitrogens with one attached hydrogen (secondary N) is 3. The molecule has 1 saturated carbocycles. The molecule has 8 heteroatoms. The van der Waals surface area contributed by atoms with E-state index in [1.54, 1.807) is 0 Å². The molecule has 0 atom stereocenters. The second-order valence-electron chi connectivity index (χ2n) is 6.57. The van der Waals surface area contributed by atoms with Crippen molar-refractivity contribution >= 4 is 21.8 Å². The van der Waals surface area contributed by atoms with E-state index in [0.717, 1.165) is 25.7 Å². The van der Waals surface area contributed by atoms with Gasteiger partial charge in [0, 0.05) is 31.1 Å². The van der Waals surface area contributed by atoms with Crippen LogP contribution in [0.5, 0.6) is 0 Å². The van der Waals surface area contributed by atoms with E-state index in [9.17, 15) is 18.0 Å². The van der Waals surface area contributed by atoms with Gasteiger partial charge in [-0.15, -0.1) is 6.58 Å². The standard InChI is InChI=1S/C19H27N3O4S/c1-2-13-21-27(25,26)17-10-8-15(9-11-17)19(24)20-14-12-18(23)22-16-6-4-3-5-7-16/h2,8-11,16,21H,1,3-7,12-14H2,(H,20,24)(H,22,23). The van der Waals surface area contributed by atoms with Gasteiger partial charge >= 0.3 is 0 Å². The van der Waals surface area contributed by atoms with Crippen molar-refractivity contribution < 1.29 is 18.0 Å². The number of hydrogen-bond acceptors (Lipinski definition) is 4. The van der Waals surface area contributed by atoms with E-state index in [0.29, 0.717) is 5.56 Å². The van der Waals surface area contributed by atoms with Crippen LogP contribution in [0.4, 0.5) is 0 Å². The first-order valence-electron chi connectivity index (χ1n) is 9.20. The summed E-state index contributed by atoms with van der Waals surface area (Å²) >= 11 is 0. The fourth-order valence-electron chi connectivity index (χ4n) is 2.98. The Balaban J connectivity index is 1.78. The fourth-order valence-corrected chi connectivity index (χ4v) is 3.97. The van der Waals surface area contributed by atoms with Crippen LogP contribution >= 0.6 is 0 Å². The average molecular weight is 394 g/mol. The molecule has 1 aromatic carbocycles. The molecule has 0 heterocycles. The van der Waals surface area contributed by atoms with Gasteiger partial charge in [-0.1, -0.05) is 25.3 Å². The highest BCUT2D eigenvalue weighted by molar-refractivity contribution is 7.89. The van der Waals surface area contributed by atoms with E-state index >= 15 is 0 Å². The minimum atomic E-state index is -3.61. The van der Waals surface area contributed by atoms with Gasteiger partial charge in [0.1, 0.15) is 0 Å². The van der Waals surface area contributed by atoms with Crippen molar-refractivity contribution in [3.05, 3.63) is 42.5 Å². The van der Waals surface area contributed by atoms with Crippen molar-refractivity contribution in [3.8, 4) is 0 Å². The SMILES string of the molecule is C=CCNS(=O)(=O)c1ccc(C(=O)NCCC(=O)NC2CCCCC2)cc1. The molecule has 0 aliphatic heterocycles. The van der Waals surface area contributed by atoms with Crippen LogP contribution in [-0.2, 0) is 14.8 Å². The van der Waals surface area contributed by atoms with Crippen LogP contribution in [0.3, 0.4) is 0 Å². The molecule has 2 amide bonds. The molecule has 0 unspecified atom stereocenters. The monoisotopic (exact) mass is 393 g/mol. The largest absolute Gasteiger partial charge is 0.353 e. The zero-order valence-electron chi connectivity index (χ0n) is 15.4. The topological polar surface area (TPSA) is 104 Å². The predicted molar refractivity (Wildman–Crippen MR) is 104 cm³/mol. The lowest BCUT2D eigenvalue weighted by atomic mass is 9.95. The van der Waals surface area contributed by atoms with Crippen molar-refractivity contribution in [2.75, 3.05) is 13.1 Å². The molecule has 27 heavy (non-hydrogen) atoms. The third-order valence-electron chi connectivity index (χ3n) is 4.45. The Labute approximate surface area is 160 Å². The van der Waals surface area contributed by atoms with Crippen molar-refractivity contribution in [1.29, 1.82) is 0 Å². The minimum Gasteiger partial charge on any atom is -0.353 e. The van der Waals surface area contributed by atoms with Crippen LogP contribution in [0.15, 0.2) is 41.8 Å². The smallest absolute Gasteiger partial charge is 0.251 e. The van der Waals surface area contributed by atoms with Crippen LogP contribution in [0.25, 0.3) is 0 Å². The Bertz CT molecular complexity index is 754. The van der Waals surface area contributed by atoms with Gasteiger partial charge in [0.05, 0.1) is 4.90 Å². The van der Waals surface area contributed by atoms with Gasteiger partial charge in [-0.25, -0.2) is 13.1 Å². The first-order valence-corrected chi connectivity index (χ1v) is 10.7. The minimum absolute atomic E-state index is 0.0584. The molecule has 1 aliphatic rings. The third kappa shape index (κ3) is 6.80. The molecule has 0 radical (unpaired) electrons. The molecule has 7 nitrogen and oxygen atoms in total. The summed E-state index contributed by atoms with van der Waals surface area (Å²) < 4.78 is 26.3. The number of amides is 2. The summed E-state index contributed by atoms with van der Waals surface area (Å²) in [6.45, 7) is 3.83. The Morgan fingerprint density at radius 1 is 1.11 bits per heavy atom. The van der Waals surface area contributed by atoms with Crippen molar-refractivity contribution in [2.45, 2.75) is 49.5 Å². The number of rotatable bonds is 9. The lowest BCUT2D eigenvalue weighted by Crippen LogP contribution is -2.38. The van der Waals surface area contributed by atoms with Crippen LogP contribution in [0, 0.1) is 0 Å². The lowest BCUT2D eigenvalue weighted by molar-refractivity contribution is -0.121. The van der Waals surface area contributed by atoms with Gasteiger partial charge in [0.2, 0.25) is 15.9 Å². The molecule has 0 bridgehead atoms. The number of hydrogen-bond donors (Lipinski definition) is 3. The molecule has 1 aliphatic carbocycles. The summed E-state index contributed by atoms with van der Waals surface area (Å²) in [5.74, 6) is -0.402. The average Bonchev–Trinajstić information content (AvgIpc) is 2.67. The predicted octanol–water partition coefficient (Wildman–Crippen LogP) is 1.72. The number of benzene rings is 1. The van der Waals surface area contributed by atoms with Crippen LogP contribution < -0.4 is 15.4 Å². The molecule has 0 aromatic heterocycles. The maximum atomic E-state index is 12.1. The van der Waals surface area contributed by atoms with E-state index in [2.05, 4.69) is 21.9 Å². The maximum absolute atomic E-state index is 12.1. The summed E-state index contributed by atoms with van der Waals surface area (Å²) in [5.41, 5.74) is 0.338. The molecule has 1 fully saturated rings. The van der Waals surface area contributed by atoms with E-state index in [1.165, 1.54) is 36.8 Å². The summed E-state index contributed by atoms with van der Waals surface area (Å²) in [6, 6.07) is 5.89. The van der Waals surface area contributed by atoms with Crippen molar-refractivity contribution in [1.82, 2.24) is 15.4 Å². The maximum Gasteiger partial charge on any atom is 0.251 e. The summed E-state index contributed by atoms with van der Waals surface area (Å²) in [6.07, 6.45) is 7.24. The van der Waals surface area contributed by atoms with Crippen molar-refractivity contribution in [2.24, 2.45) is 0 Å². The van der Waals surface area contributed by atoms with Gasteiger partial charge in [-0.2, -0.15) is 0 Å². The summed E-state index contributed by atoms with van der Waals surface area (Å²) in [4.78, 5) is 24.1. The number of sulfonamides is 1. The lowest BCUT2D eigenvalue weighted by Gasteiger charge is -2.22. The quantitative estimate of drug-likeness (QED) is 0.556. The Hall–Kier alpha value is -2.19. The van der Waals surface area contributed by atoms with E-state index < -0.39 is 10.0 Å². The zero-order valence-corrected chi connectivity index (χ0v) is 16.2. The highest BCUT2D eigenvalue weighted by Gasteiger charge is 2.16. The van der Waals surface area contributed by atoms with E-state index in [1.807, 2.05) is 0 Å². The van der Waals surface area contributed by atoms with E-state index in [-0.39, 0.29) is 42.3 Å². The molecule has 2 rings (SSSR count). The zero-order chi connectivity index (χ0) is 19.7. The van der Waals surface area contributed by atoms with Gasteiger partial charge in [0.25, 0.3) is 5.91 Å². The summed E-state index contributed by atoms with van der Waals surface area (Å²) in [5, 5.41) is 5.68. The van der Waals surface area contributed by atoms with Crippen LogP contribution in [-0.4, -0.2) is 39.4 Å². The van der Waals surface area contributed by atoms with Crippen molar-refractivity contribution in [3.63, 3.8) is 0 Å². The Kier molecular flexibility index (Phi) is 7.99. The van der Waals surface area contributed by atoms with Gasteiger partial charge in [-0.3, -0.25) is 9.59 Å². The Morgan fingerprint density at radius 2 is 1.78 bits per heavy atom. The molecular formula is C19H27N3O4S. The molecular weight excluding hydrogens is 366 g/mol. The summed E-state index contributed by atoms with van der Waals surface area (Å²) in [7, 11) is -3.61. The first kappa shape index (κ1) is 21.1. The van der Waals surface area contributed by atoms with Gasteiger partial charge in [-0.05, 0) is 37.1 Å². The van der Waals surface area contributed by atoms with Gasteiger partial charge in [0.15, 0.2) is 0 Å². The third-order valence-corrected chi connectivity index (χ3v) is 5.89. The molecule has 0 spiro atoms. The highest BCUT2D eigenvalue weighted by Crippen LogP contribution is 2.17. The Morgan fingerprint density at radius 3 is 2.41 bits per heavy atom. The van der Waals surface area contributed by atoms with Crippen LogP contribution in [0.1, 0.15) is 48.9 Å². The second kappa shape index (κ2) is 10.2. The second-order valence-corrected chi connectivity index (χ2v) is 8.34. The molecule has 1 aromatic rings. The first-order chi connectivity index (χ1) is 12.9. The molecule has 3 N–H and O–H groups in total. The normalized spacial score (nSPS) is 15.1. The molecule has 0 saturated heterocycles. The van der Waals surface area contributed by atoms with Crippen LogP contribution in [0.2, 0.25) is 0 Å². The highest BCUT2D eigenvalue weighted by atomic mass is 32.2. The molecule has 148 valence electrons. The van der Waals surface area contributed by atoms with Gasteiger partial charge < -0.3 is 10.6 Å². The number of carbonyl (C=O) groups is 2. The number of carbonyl (C=O) groups excluding carboxylic acids is 2. The fraction of sp³-hybridized carbons (Fsp3) is 0.474. The van der Waals surface area contributed by atoms with E-state index in [4.69, 9.17) is 0 Å².